The maximum atomic E-state index is 13.5. The van der Waals surface area contributed by atoms with Crippen molar-refractivity contribution in [2.75, 3.05) is 33.3 Å². The van der Waals surface area contributed by atoms with Crippen LogP contribution in [0, 0.1) is 5.82 Å². The lowest BCUT2D eigenvalue weighted by Gasteiger charge is -2.36. The van der Waals surface area contributed by atoms with E-state index in [-0.39, 0.29) is 16.6 Å². The van der Waals surface area contributed by atoms with Crippen molar-refractivity contribution in [3.05, 3.63) is 95.8 Å². The number of halogens is 1. The second-order valence-corrected chi connectivity index (χ2v) is 10.1. The van der Waals surface area contributed by atoms with Crippen molar-refractivity contribution in [1.29, 1.82) is 0 Å². The molecule has 1 saturated heterocycles. The molecule has 0 radical (unpaired) electrons. The number of sulfonamides is 1. The van der Waals surface area contributed by atoms with Gasteiger partial charge in [0.2, 0.25) is 15.9 Å². The molecule has 0 bridgehead atoms. The van der Waals surface area contributed by atoms with Crippen LogP contribution in [-0.2, 0) is 21.4 Å². The summed E-state index contributed by atoms with van der Waals surface area (Å²) in [6.07, 6.45) is 0. The highest BCUT2D eigenvalue weighted by molar-refractivity contribution is 7.89. The highest BCUT2D eigenvalue weighted by Gasteiger charge is 2.32. The van der Waals surface area contributed by atoms with E-state index in [0.29, 0.717) is 44.0 Å². The summed E-state index contributed by atoms with van der Waals surface area (Å²) in [6.45, 7) is 2.86. The fourth-order valence-corrected chi connectivity index (χ4v) is 5.22. The molecule has 1 fully saturated rings. The molecule has 0 unspecified atom stereocenters. The predicted octanol–water partition coefficient (Wildman–Crippen LogP) is 3.20. The Morgan fingerprint density at radius 3 is 2.17 bits per heavy atom. The molecule has 3 aromatic carbocycles. The van der Waals surface area contributed by atoms with E-state index in [1.165, 1.54) is 31.4 Å². The van der Waals surface area contributed by atoms with Gasteiger partial charge in [0, 0.05) is 32.7 Å². The van der Waals surface area contributed by atoms with Gasteiger partial charge in [-0.05, 0) is 47.5 Å². The monoisotopic (exact) mass is 497 g/mol. The largest absolute Gasteiger partial charge is 0.497 e. The maximum absolute atomic E-state index is 13.5. The molecule has 3 aromatic rings. The van der Waals surface area contributed by atoms with Crippen molar-refractivity contribution < 1.29 is 22.3 Å². The van der Waals surface area contributed by atoms with Crippen LogP contribution >= 0.6 is 0 Å². The predicted molar refractivity (Wildman–Crippen MR) is 131 cm³/mol. The second-order valence-electron chi connectivity index (χ2n) is 8.37. The number of ether oxygens (including phenoxy) is 1. The summed E-state index contributed by atoms with van der Waals surface area (Å²) in [5.74, 6) is -0.0268. The fraction of sp³-hybridized carbons (Fsp3) is 0.269. The Morgan fingerprint density at radius 2 is 1.57 bits per heavy atom. The van der Waals surface area contributed by atoms with E-state index in [1.807, 2.05) is 6.07 Å². The molecule has 1 aliphatic rings. The topological polar surface area (TPSA) is 78.9 Å². The molecule has 1 heterocycles. The number of nitrogens with zero attached hydrogens (tertiary/aromatic N) is 2. The van der Waals surface area contributed by atoms with Gasteiger partial charge in [-0.25, -0.2) is 12.8 Å². The smallest absolute Gasteiger partial charge is 0.245 e. The van der Waals surface area contributed by atoms with Crippen LogP contribution < -0.4 is 9.46 Å². The normalized spacial score (nSPS) is 15.5. The molecule has 0 spiro atoms. The molecule has 184 valence electrons. The van der Waals surface area contributed by atoms with Crippen LogP contribution in [0.2, 0.25) is 0 Å². The summed E-state index contributed by atoms with van der Waals surface area (Å²) in [5, 5.41) is 0. The molecular formula is C26H28FN3O4S. The van der Waals surface area contributed by atoms with Crippen LogP contribution in [0.15, 0.2) is 83.8 Å². The van der Waals surface area contributed by atoms with E-state index in [0.717, 1.165) is 5.56 Å². The first-order valence-electron chi connectivity index (χ1n) is 11.3. The lowest BCUT2D eigenvalue weighted by Crippen LogP contribution is -2.51. The Labute approximate surface area is 205 Å². The molecule has 1 atom stereocenters. The lowest BCUT2D eigenvalue weighted by atomic mass is 10.1. The Bertz CT molecular complexity index is 1230. The average molecular weight is 498 g/mol. The van der Waals surface area contributed by atoms with Crippen LogP contribution in [0.5, 0.6) is 5.75 Å². The summed E-state index contributed by atoms with van der Waals surface area (Å²) in [5.41, 5.74) is 1.57. The van der Waals surface area contributed by atoms with Gasteiger partial charge in [0.15, 0.2) is 0 Å². The van der Waals surface area contributed by atoms with E-state index in [4.69, 9.17) is 4.74 Å². The summed E-state index contributed by atoms with van der Waals surface area (Å²) < 4.78 is 47.1. The molecule has 0 saturated carbocycles. The minimum Gasteiger partial charge on any atom is -0.497 e. The standard InChI is InChI=1S/C26H28FN3O4S/c1-34-23-11-13-24(14-12-23)35(32,33)28-25(21-5-3-2-4-6-21)26(31)30-17-15-29(16-18-30)19-20-7-9-22(27)10-8-20/h2-14,25,28H,15-19H2,1H3/t25-/m1/s1. The first-order chi connectivity index (χ1) is 16.9. The Morgan fingerprint density at radius 1 is 0.943 bits per heavy atom. The van der Waals surface area contributed by atoms with Gasteiger partial charge in [0.25, 0.3) is 0 Å². The zero-order chi connectivity index (χ0) is 24.8. The van der Waals surface area contributed by atoms with E-state index < -0.39 is 16.1 Å². The molecule has 1 N–H and O–H groups in total. The molecular weight excluding hydrogens is 469 g/mol. The van der Waals surface area contributed by atoms with Crippen LogP contribution in [0.1, 0.15) is 17.2 Å². The van der Waals surface area contributed by atoms with Crippen LogP contribution in [0.4, 0.5) is 4.39 Å². The Kier molecular flexibility index (Phi) is 7.80. The van der Waals surface area contributed by atoms with Gasteiger partial charge in [-0.3, -0.25) is 9.69 Å². The van der Waals surface area contributed by atoms with Crippen molar-refractivity contribution in [3.8, 4) is 5.75 Å². The molecule has 0 aliphatic carbocycles. The van der Waals surface area contributed by atoms with Crippen molar-refractivity contribution >= 4 is 15.9 Å². The molecule has 0 aromatic heterocycles. The van der Waals surface area contributed by atoms with Gasteiger partial charge in [0.05, 0.1) is 12.0 Å². The molecule has 1 amide bonds. The number of rotatable bonds is 8. The molecule has 9 heteroatoms. The minimum atomic E-state index is -3.97. The van der Waals surface area contributed by atoms with Crippen molar-refractivity contribution in [2.24, 2.45) is 0 Å². The first kappa shape index (κ1) is 24.8. The number of amides is 1. The van der Waals surface area contributed by atoms with Crippen LogP contribution in [0.3, 0.4) is 0 Å². The second kappa shape index (κ2) is 11.0. The zero-order valence-electron chi connectivity index (χ0n) is 19.4. The number of methoxy groups -OCH3 is 1. The average Bonchev–Trinajstić information content (AvgIpc) is 2.89. The molecule has 1 aliphatic heterocycles. The van der Waals surface area contributed by atoms with Gasteiger partial charge >= 0.3 is 0 Å². The summed E-state index contributed by atoms with van der Waals surface area (Å²) in [6, 6.07) is 20.2. The fourth-order valence-electron chi connectivity index (χ4n) is 4.04. The van der Waals surface area contributed by atoms with E-state index in [1.54, 1.807) is 53.4 Å². The van der Waals surface area contributed by atoms with Crippen molar-refractivity contribution in [2.45, 2.75) is 17.5 Å². The highest BCUT2D eigenvalue weighted by Crippen LogP contribution is 2.22. The number of hydrogen-bond acceptors (Lipinski definition) is 5. The van der Waals surface area contributed by atoms with Gasteiger partial charge in [0.1, 0.15) is 17.6 Å². The number of benzene rings is 3. The summed E-state index contributed by atoms with van der Waals surface area (Å²) in [4.78, 5) is 17.5. The van der Waals surface area contributed by atoms with Gasteiger partial charge in [-0.1, -0.05) is 42.5 Å². The highest BCUT2D eigenvalue weighted by atomic mass is 32.2. The zero-order valence-corrected chi connectivity index (χ0v) is 20.2. The minimum absolute atomic E-state index is 0.0520. The third-order valence-corrected chi connectivity index (χ3v) is 7.46. The van der Waals surface area contributed by atoms with Gasteiger partial charge < -0.3 is 9.64 Å². The summed E-state index contributed by atoms with van der Waals surface area (Å²) in [7, 11) is -2.46. The van der Waals surface area contributed by atoms with Crippen molar-refractivity contribution in [1.82, 2.24) is 14.5 Å². The quantitative estimate of drug-likeness (QED) is 0.517. The third kappa shape index (κ3) is 6.25. The number of hydrogen-bond donors (Lipinski definition) is 1. The Balaban J connectivity index is 1.47. The SMILES string of the molecule is COc1ccc(S(=O)(=O)N[C@@H](C(=O)N2CCN(Cc3ccc(F)cc3)CC2)c2ccccc2)cc1. The number of nitrogens with one attached hydrogen (secondary N) is 1. The lowest BCUT2D eigenvalue weighted by molar-refractivity contribution is -0.135. The van der Waals surface area contributed by atoms with Gasteiger partial charge in [-0.2, -0.15) is 4.72 Å². The Hall–Kier alpha value is -3.27. The maximum Gasteiger partial charge on any atom is 0.245 e. The van der Waals surface area contributed by atoms with Crippen LogP contribution in [0.25, 0.3) is 0 Å². The summed E-state index contributed by atoms with van der Waals surface area (Å²) >= 11 is 0. The number of piperazine rings is 1. The molecule has 35 heavy (non-hydrogen) atoms. The van der Waals surface area contributed by atoms with E-state index in [2.05, 4.69) is 9.62 Å². The van der Waals surface area contributed by atoms with E-state index in [9.17, 15) is 17.6 Å². The first-order valence-corrected chi connectivity index (χ1v) is 12.8. The number of carbonyl (C=O) groups excluding carboxylic acids is 1. The van der Waals surface area contributed by atoms with Gasteiger partial charge in [-0.15, -0.1) is 0 Å². The molecule has 4 rings (SSSR count). The van der Waals surface area contributed by atoms with E-state index >= 15 is 0 Å². The van der Waals surface area contributed by atoms with Crippen LogP contribution in [-0.4, -0.2) is 57.4 Å². The third-order valence-electron chi connectivity index (χ3n) is 6.03. The molecule has 7 nitrogen and oxygen atoms in total. The number of carbonyl (C=O) groups is 1. The van der Waals surface area contributed by atoms with Crippen molar-refractivity contribution in [3.63, 3.8) is 0 Å².